The molecule has 7 heteroatoms. The van der Waals surface area contributed by atoms with Crippen molar-refractivity contribution in [1.29, 1.82) is 0 Å². The van der Waals surface area contributed by atoms with Gasteiger partial charge in [0.25, 0.3) is 0 Å². The minimum atomic E-state index is -0.615. The maximum absolute atomic E-state index is 12.0. The summed E-state index contributed by atoms with van der Waals surface area (Å²) in [6.07, 6.45) is 0. The zero-order valence-electron chi connectivity index (χ0n) is 20.4. The van der Waals surface area contributed by atoms with E-state index in [1.807, 2.05) is 107 Å². The van der Waals surface area contributed by atoms with Gasteiger partial charge in [-0.2, -0.15) is 0 Å². The van der Waals surface area contributed by atoms with E-state index in [0.717, 1.165) is 38.8 Å². The molecule has 5 rings (SSSR count). The van der Waals surface area contributed by atoms with Gasteiger partial charge in [0.2, 0.25) is 6.54 Å². The normalized spacial score (nSPS) is 17.5. The topological polar surface area (TPSA) is 77.4 Å². The lowest BCUT2D eigenvalue weighted by molar-refractivity contribution is -0.481. The number of nitrogens with zero attached hydrogens (tertiary/aromatic N) is 1. The Labute approximate surface area is 205 Å². The first kappa shape index (κ1) is 23.3. The molecule has 1 aliphatic rings. The number of rotatable bonds is 6. The van der Waals surface area contributed by atoms with Gasteiger partial charge >= 0.3 is 7.12 Å². The zero-order chi connectivity index (χ0) is 24.8. The number of fused-ring (bicyclic) bond motifs is 1. The monoisotopic (exact) mass is 468 g/mol. The molecule has 0 spiro atoms. The van der Waals surface area contributed by atoms with Crippen molar-refractivity contribution >= 4 is 23.5 Å². The summed E-state index contributed by atoms with van der Waals surface area (Å²) in [4.78, 5) is 15.3. The minimum Gasteiger partial charge on any atom is -0.399 e. The van der Waals surface area contributed by atoms with Crippen LogP contribution < -0.4 is 5.46 Å². The average molecular weight is 468 g/mol. The molecule has 4 aromatic rings. The van der Waals surface area contributed by atoms with E-state index in [-0.39, 0.29) is 11.5 Å². The molecule has 0 amide bonds. The van der Waals surface area contributed by atoms with Crippen LogP contribution in [0.1, 0.15) is 44.7 Å². The number of aromatic nitrogens is 1. The van der Waals surface area contributed by atoms with Crippen molar-refractivity contribution < 1.29 is 14.2 Å². The van der Waals surface area contributed by atoms with E-state index in [0.29, 0.717) is 0 Å². The predicted octanol–water partition coefficient (Wildman–Crippen LogP) is 5.54. The van der Waals surface area contributed by atoms with Gasteiger partial charge in [-0.15, -0.1) is 0 Å². The van der Waals surface area contributed by atoms with Crippen LogP contribution in [0.15, 0.2) is 78.9 Å². The summed E-state index contributed by atoms with van der Waals surface area (Å²) in [5.41, 5.74) is 4.36. The highest BCUT2D eigenvalue weighted by molar-refractivity contribution is 6.62. The molecule has 6 nitrogen and oxygen atoms in total. The molecule has 0 aliphatic carbocycles. The van der Waals surface area contributed by atoms with Crippen molar-refractivity contribution in [3.8, 4) is 11.3 Å². The van der Waals surface area contributed by atoms with Gasteiger partial charge in [0.15, 0.2) is 0 Å². The molecule has 0 radical (unpaired) electrons. The summed E-state index contributed by atoms with van der Waals surface area (Å²) in [6.45, 7) is 7.79. The van der Waals surface area contributed by atoms with Gasteiger partial charge in [0, 0.05) is 15.8 Å². The summed E-state index contributed by atoms with van der Waals surface area (Å²) in [7, 11) is -0.615. The Hall–Kier alpha value is -3.42. The first-order valence-electron chi connectivity index (χ1n) is 11.9. The van der Waals surface area contributed by atoms with Gasteiger partial charge in [0.05, 0.1) is 22.8 Å². The molecule has 1 aliphatic heterocycles. The number of para-hydroxylation sites is 1. The highest BCUT2D eigenvalue weighted by Gasteiger charge is 2.52. The van der Waals surface area contributed by atoms with Crippen molar-refractivity contribution in [3.05, 3.63) is 100 Å². The molecular weight excluding hydrogens is 439 g/mol. The maximum atomic E-state index is 12.0. The van der Waals surface area contributed by atoms with Crippen LogP contribution in [0.2, 0.25) is 0 Å². The third-order valence-corrected chi connectivity index (χ3v) is 7.37. The highest BCUT2D eigenvalue weighted by atomic mass is 16.7. The highest BCUT2D eigenvalue weighted by Crippen LogP contribution is 2.40. The first-order chi connectivity index (χ1) is 16.7. The lowest BCUT2D eigenvalue weighted by Crippen LogP contribution is -2.41. The molecular formula is C28H29BN2O4. The second kappa shape index (κ2) is 8.66. The lowest BCUT2D eigenvalue weighted by Gasteiger charge is -2.32. The van der Waals surface area contributed by atoms with Crippen LogP contribution in [0.4, 0.5) is 0 Å². The molecule has 1 saturated heterocycles. The standard InChI is InChI=1S/C28H29BN2O4/c1-27(2)28(3,4)35-29(34-27)23-16-10-8-14-20(23)22(18-31(32)33)25-21-15-9-11-17-24(21)30-26(25)19-12-6-5-7-13-19/h5-17,22,30H,18H2,1-4H3. The molecule has 1 aromatic heterocycles. The Morgan fingerprint density at radius 1 is 0.886 bits per heavy atom. The van der Waals surface area contributed by atoms with Crippen molar-refractivity contribution in [3.63, 3.8) is 0 Å². The second-order valence-corrected chi connectivity index (χ2v) is 10.1. The molecule has 1 N–H and O–H groups in total. The molecule has 2 heterocycles. The van der Waals surface area contributed by atoms with Gasteiger partial charge in [-0.1, -0.05) is 72.8 Å². The Morgan fingerprint density at radius 2 is 1.49 bits per heavy atom. The summed E-state index contributed by atoms with van der Waals surface area (Å²) >= 11 is 0. The fourth-order valence-corrected chi connectivity index (χ4v) is 4.87. The molecule has 1 unspecified atom stereocenters. The van der Waals surface area contributed by atoms with Crippen molar-refractivity contribution in [2.24, 2.45) is 0 Å². The largest absolute Gasteiger partial charge is 0.495 e. The predicted molar refractivity (Wildman–Crippen MR) is 140 cm³/mol. The minimum absolute atomic E-state index is 0.234. The van der Waals surface area contributed by atoms with Crippen LogP contribution in [0, 0.1) is 10.1 Å². The van der Waals surface area contributed by atoms with E-state index in [9.17, 15) is 10.1 Å². The molecule has 35 heavy (non-hydrogen) atoms. The van der Waals surface area contributed by atoms with E-state index in [4.69, 9.17) is 9.31 Å². The summed E-state index contributed by atoms with van der Waals surface area (Å²) in [5, 5.41) is 13.0. The van der Waals surface area contributed by atoms with Crippen molar-refractivity contribution in [2.75, 3.05) is 6.54 Å². The van der Waals surface area contributed by atoms with Crippen LogP contribution in [0.5, 0.6) is 0 Å². The number of aromatic amines is 1. The van der Waals surface area contributed by atoms with Crippen LogP contribution in [-0.4, -0.2) is 34.8 Å². The van der Waals surface area contributed by atoms with E-state index >= 15 is 0 Å². The number of H-pyrrole nitrogens is 1. The third-order valence-electron chi connectivity index (χ3n) is 7.37. The smallest absolute Gasteiger partial charge is 0.399 e. The fraction of sp³-hybridized carbons (Fsp3) is 0.286. The van der Waals surface area contributed by atoms with Gasteiger partial charge < -0.3 is 14.3 Å². The number of benzene rings is 3. The Kier molecular flexibility index (Phi) is 5.78. The quantitative estimate of drug-likeness (QED) is 0.229. The zero-order valence-corrected chi connectivity index (χ0v) is 20.4. The van der Waals surface area contributed by atoms with E-state index in [1.165, 1.54) is 0 Å². The Morgan fingerprint density at radius 3 is 2.17 bits per heavy atom. The van der Waals surface area contributed by atoms with Crippen molar-refractivity contribution in [1.82, 2.24) is 4.98 Å². The summed E-state index contributed by atoms with van der Waals surface area (Å²) in [5.74, 6) is -0.508. The maximum Gasteiger partial charge on any atom is 0.495 e. The number of nitro groups is 1. The van der Waals surface area contributed by atoms with Crippen LogP contribution >= 0.6 is 0 Å². The van der Waals surface area contributed by atoms with E-state index < -0.39 is 24.2 Å². The number of nitrogens with one attached hydrogen (secondary N) is 1. The second-order valence-electron chi connectivity index (χ2n) is 10.1. The van der Waals surface area contributed by atoms with Crippen LogP contribution in [0.3, 0.4) is 0 Å². The van der Waals surface area contributed by atoms with Gasteiger partial charge in [-0.25, -0.2) is 0 Å². The first-order valence-corrected chi connectivity index (χ1v) is 11.9. The van der Waals surface area contributed by atoms with Crippen LogP contribution in [0.25, 0.3) is 22.2 Å². The third kappa shape index (κ3) is 4.15. The van der Waals surface area contributed by atoms with Crippen molar-refractivity contribution in [2.45, 2.75) is 44.8 Å². The lowest BCUT2D eigenvalue weighted by atomic mass is 9.71. The molecule has 3 aromatic carbocycles. The summed E-state index contributed by atoms with van der Waals surface area (Å²) in [6, 6.07) is 25.7. The number of hydrogen-bond acceptors (Lipinski definition) is 4. The molecule has 1 fully saturated rings. The van der Waals surface area contributed by atoms with Gasteiger partial charge in [-0.05, 0) is 55.9 Å². The molecule has 0 saturated carbocycles. The molecule has 1 atom stereocenters. The van der Waals surface area contributed by atoms with Crippen LogP contribution in [-0.2, 0) is 9.31 Å². The average Bonchev–Trinajstić information content (AvgIpc) is 3.31. The van der Waals surface area contributed by atoms with E-state index in [1.54, 1.807) is 0 Å². The van der Waals surface area contributed by atoms with Gasteiger partial charge in [-0.3, -0.25) is 10.1 Å². The molecule has 178 valence electrons. The number of hydrogen-bond donors (Lipinski definition) is 1. The molecule has 0 bridgehead atoms. The Balaban J connectivity index is 1.72. The fourth-order valence-electron chi connectivity index (χ4n) is 4.87. The van der Waals surface area contributed by atoms with E-state index in [2.05, 4.69) is 4.98 Å². The SMILES string of the molecule is CC1(C)OB(c2ccccc2C(C[N+](=O)[O-])c2c(-c3ccccc3)[nH]c3ccccc23)OC1(C)C. The summed E-state index contributed by atoms with van der Waals surface area (Å²) < 4.78 is 12.7. The Bertz CT molecular complexity index is 1360. The van der Waals surface area contributed by atoms with Gasteiger partial charge in [0.1, 0.15) is 0 Å².